The minimum absolute atomic E-state index is 0.764. The van der Waals surface area contributed by atoms with Crippen LogP contribution in [0.5, 0.6) is 0 Å². The Morgan fingerprint density at radius 3 is 2.57 bits per heavy atom. The van der Waals surface area contributed by atoms with Gasteiger partial charge in [0.15, 0.2) is 0 Å². The van der Waals surface area contributed by atoms with Gasteiger partial charge in [-0.25, -0.2) is 0 Å². The zero-order valence-corrected chi connectivity index (χ0v) is 6.10. The van der Waals surface area contributed by atoms with Gasteiger partial charge >= 0.3 is 0 Å². The van der Waals surface area contributed by atoms with Crippen molar-refractivity contribution >= 4 is 23.5 Å². The van der Waals surface area contributed by atoms with Crippen molar-refractivity contribution in [1.29, 1.82) is 0 Å². The Bertz CT molecular complexity index is 96.3. The normalized spacial score (nSPS) is 30.6. The Kier molecular flexibility index (Phi) is 1.70. The van der Waals surface area contributed by atoms with Gasteiger partial charge < -0.3 is 0 Å². The minimum Gasteiger partial charge on any atom is -0.119 e. The number of allylic oxidation sites excluding steroid dienone is 1. The molecule has 0 saturated heterocycles. The zero-order valence-electron chi connectivity index (χ0n) is 4.47. The maximum absolute atomic E-state index is 2.22. The highest BCUT2D eigenvalue weighted by Gasteiger charge is 2.08. The molecule has 0 N–H and O–H groups in total. The van der Waals surface area contributed by atoms with Crippen LogP contribution in [0.1, 0.15) is 13.8 Å². The Morgan fingerprint density at radius 2 is 2.43 bits per heavy atom. The van der Waals surface area contributed by atoms with E-state index in [1.165, 1.54) is 4.91 Å². The van der Waals surface area contributed by atoms with E-state index in [1.807, 2.05) is 23.5 Å². The number of hydrogen-bond donors (Lipinski definition) is 0. The molecule has 1 rings (SSSR count). The smallest absolute Gasteiger partial charge is 0.0559 e. The highest BCUT2D eigenvalue weighted by atomic mass is 32.2. The SMILES string of the molecule is CC1=CSC(C)S1. The monoisotopic (exact) mass is 132 g/mol. The van der Waals surface area contributed by atoms with E-state index in [1.54, 1.807) is 0 Å². The van der Waals surface area contributed by atoms with Gasteiger partial charge in [-0.15, -0.1) is 23.5 Å². The second-order valence-electron chi connectivity index (χ2n) is 1.55. The first-order chi connectivity index (χ1) is 3.29. The number of rotatable bonds is 0. The molecule has 1 atom stereocenters. The van der Waals surface area contributed by atoms with Crippen LogP contribution < -0.4 is 0 Å². The van der Waals surface area contributed by atoms with Gasteiger partial charge in [0.1, 0.15) is 0 Å². The van der Waals surface area contributed by atoms with E-state index >= 15 is 0 Å². The third-order valence-corrected chi connectivity index (χ3v) is 3.24. The summed E-state index contributed by atoms with van der Waals surface area (Å²) in [6.07, 6.45) is 0. The van der Waals surface area contributed by atoms with Crippen LogP contribution >= 0.6 is 23.5 Å². The molecule has 0 aromatic rings. The van der Waals surface area contributed by atoms with Crippen LogP contribution in [0.2, 0.25) is 0 Å². The lowest BCUT2D eigenvalue weighted by molar-refractivity contribution is 1.44. The molecule has 0 aromatic carbocycles. The van der Waals surface area contributed by atoms with Crippen LogP contribution in [-0.4, -0.2) is 4.58 Å². The molecule has 2 heteroatoms. The lowest BCUT2D eigenvalue weighted by atomic mass is 10.8. The highest BCUT2D eigenvalue weighted by molar-refractivity contribution is 8.22. The fraction of sp³-hybridized carbons (Fsp3) is 0.600. The van der Waals surface area contributed by atoms with E-state index < -0.39 is 0 Å². The van der Waals surface area contributed by atoms with Gasteiger partial charge in [0.25, 0.3) is 0 Å². The first-order valence-corrected chi connectivity index (χ1v) is 4.10. The van der Waals surface area contributed by atoms with Crippen molar-refractivity contribution in [2.45, 2.75) is 18.4 Å². The predicted molar refractivity (Wildman–Crippen MR) is 38.4 cm³/mol. The molecule has 0 bridgehead atoms. The average molecular weight is 132 g/mol. The van der Waals surface area contributed by atoms with Gasteiger partial charge in [-0.2, -0.15) is 0 Å². The molecule has 0 nitrogen and oxygen atoms in total. The fourth-order valence-electron chi connectivity index (χ4n) is 0.509. The van der Waals surface area contributed by atoms with Gasteiger partial charge in [-0.05, 0) is 24.2 Å². The summed E-state index contributed by atoms with van der Waals surface area (Å²) in [5, 5.41) is 2.22. The van der Waals surface area contributed by atoms with Crippen LogP contribution in [0.4, 0.5) is 0 Å². The van der Waals surface area contributed by atoms with Crippen LogP contribution in [0, 0.1) is 0 Å². The summed E-state index contributed by atoms with van der Waals surface area (Å²) in [7, 11) is 0. The zero-order chi connectivity index (χ0) is 5.28. The largest absolute Gasteiger partial charge is 0.119 e. The minimum atomic E-state index is 0.764. The van der Waals surface area contributed by atoms with E-state index in [0.29, 0.717) is 0 Å². The molecule has 1 aliphatic rings. The fourth-order valence-corrected chi connectivity index (χ4v) is 2.65. The van der Waals surface area contributed by atoms with Gasteiger partial charge in [-0.3, -0.25) is 0 Å². The van der Waals surface area contributed by atoms with Gasteiger partial charge in [0, 0.05) is 0 Å². The molecule has 1 aliphatic heterocycles. The van der Waals surface area contributed by atoms with Gasteiger partial charge in [0.05, 0.1) is 4.58 Å². The molecule has 0 aliphatic carbocycles. The molecule has 40 valence electrons. The third-order valence-electron chi connectivity index (χ3n) is 0.777. The first kappa shape index (κ1) is 5.57. The first-order valence-electron chi connectivity index (χ1n) is 2.28. The van der Waals surface area contributed by atoms with Crippen molar-refractivity contribution in [3.63, 3.8) is 0 Å². The molecule has 0 saturated carbocycles. The van der Waals surface area contributed by atoms with Crippen LogP contribution in [0.25, 0.3) is 0 Å². The van der Waals surface area contributed by atoms with Gasteiger partial charge in [0.2, 0.25) is 0 Å². The molecule has 0 spiro atoms. The number of hydrogen-bond acceptors (Lipinski definition) is 2. The molecule has 0 amide bonds. The summed E-state index contributed by atoms with van der Waals surface area (Å²) in [6, 6.07) is 0. The summed E-state index contributed by atoms with van der Waals surface area (Å²) in [5.41, 5.74) is 0. The van der Waals surface area contributed by atoms with E-state index in [4.69, 9.17) is 0 Å². The Labute approximate surface area is 52.7 Å². The van der Waals surface area contributed by atoms with Crippen molar-refractivity contribution < 1.29 is 0 Å². The lowest BCUT2D eigenvalue weighted by Gasteiger charge is -1.94. The molecule has 1 heterocycles. The van der Waals surface area contributed by atoms with Crippen molar-refractivity contribution in [3.8, 4) is 0 Å². The topological polar surface area (TPSA) is 0 Å². The summed E-state index contributed by atoms with van der Waals surface area (Å²) < 4.78 is 0.764. The maximum Gasteiger partial charge on any atom is 0.0559 e. The van der Waals surface area contributed by atoms with Crippen molar-refractivity contribution in [2.75, 3.05) is 0 Å². The summed E-state index contributed by atoms with van der Waals surface area (Å²) in [4.78, 5) is 1.46. The molecule has 0 radical (unpaired) electrons. The Hall–Kier alpha value is 0.440. The molecule has 0 aromatic heterocycles. The molecular formula is C5H8S2. The standard InChI is InChI=1S/C5H8S2/c1-4-3-6-5(2)7-4/h3,5H,1-2H3. The van der Waals surface area contributed by atoms with Crippen molar-refractivity contribution in [3.05, 3.63) is 10.3 Å². The summed E-state index contributed by atoms with van der Waals surface area (Å²) >= 11 is 3.85. The molecular weight excluding hydrogens is 124 g/mol. The molecule has 0 fully saturated rings. The molecule has 1 unspecified atom stereocenters. The Morgan fingerprint density at radius 1 is 1.71 bits per heavy atom. The van der Waals surface area contributed by atoms with Crippen molar-refractivity contribution in [1.82, 2.24) is 0 Å². The van der Waals surface area contributed by atoms with Gasteiger partial charge in [-0.1, -0.05) is 0 Å². The maximum atomic E-state index is 2.22. The predicted octanol–water partition coefficient (Wildman–Crippen LogP) is 2.67. The van der Waals surface area contributed by atoms with Crippen LogP contribution in [0.15, 0.2) is 10.3 Å². The quantitative estimate of drug-likeness (QED) is 0.497. The highest BCUT2D eigenvalue weighted by Crippen LogP contribution is 2.38. The third kappa shape index (κ3) is 1.42. The van der Waals surface area contributed by atoms with E-state index in [-0.39, 0.29) is 0 Å². The van der Waals surface area contributed by atoms with Crippen LogP contribution in [-0.2, 0) is 0 Å². The lowest BCUT2D eigenvalue weighted by Crippen LogP contribution is -1.75. The van der Waals surface area contributed by atoms with Crippen molar-refractivity contribution in [2.24, 2.45) is 0 Å². The summed E-state index contributed by atoms with van der Waals surface area (Å²) in [6.45, 7) is 4.38. The second-order valence-corrected chi connectivity index (χ2v) is 4.65. The van der Waals surface area contributed by atoms with E-state index in [9.17, 15) is 0 Å². The van der Waals surface area contributed by atoms with E-state index in [2.05, 4.69) is 19.3 Å². The Balaban J connectivity index is 2.42. The molecule has 7 heavy (non-hydrogen) atoms. The van der Waals surface area contributed by atoms with E-state index in [0.717, 1.165) is 4.58 Å². The van der Waals surface area contributed by atoms with Crippen LogP contribution in [0.3, 0.4) is 0 Å². The summed E-state index contributed by atoms with van der Waals surface area (Å²) in [5.74, 6) is 0. The average Bonchev–Trinajstić information content (AvgIpc) is 1.87. The number of thioether (sulfide) groups is 2. The second kappa shape index (κ2) is 2.14.